The van der Waals surface area contributed by atoms with E-state index >= 15 is 0 Å². The van der Waals surface area contributed by atoms with E-state index in [1.807, 2.05) is 4.90 Å². The Kier molecular flexibility index (Phi) is 3.69. The number of para-hydroxylation sites is 1. The number of methoxy groups -OCH3 is 1. The van der Waals surface area contributed by atoms with Gasteiger partial charge in [-0.2, -0.15) is 0 Å². The second-order valence-corrected chi connectivity index (χ2v) is 7.34. The first-order chi connectivity index (χ1) is 11.2. The fraction of sp³-hybridized carbons (Fsp3) is 0.632. The Balaban J connectivity index is 1.71. The lowest BCUT2D eigenvalue weighted by Gasteiger charge is -2.38. The molecule has 0 radical (unpaired) electrons. The minimum atomic E-state index is -0.650. The molecule has 1 amide bonds. The average molecular weight is 314 g/mol. The predicted octanol–water partition coefficient (Wildman–Crippen LogP) is 2.61. The van der Waals surface area contributed by atoms with Crippen LogP contribution in [0.5, 0.6) is 0 Å². The van der Waals surface area contributed by atoms with Crippen molar-refractivity contribution in [2.24, 2.45) is 0 Å². The molecule has 1 spiro atoms. The lowest BCUT2D eigenvalue weighted by atomic mass is 9.81. The maximum Gasteiger partial charge on any atom is 0.259 e. The molecule has 4 heteroatoms. The molecule has 1 aliphatic carbocycles. The fourth-order valence-electron chi connectivity index (χ4n) is 4.87. The van der Waals surface area contributed by atoms with Crippen LogP contribution < -0.4 is 10.2 Å². The van der Waals surface area contributed by atoms with Crippen molar-refractivity contribution in [1.82, 2.24) is 5.32 Å². The van der Waals surface area contributed by atoms with Gasteiger partial charge in [0.05, 0.1) is 0 Å². The smallest absolute Gasteiger partial charge is 0.259 e. The van der Waals surface area contributed by atoms with Gasteiger partial charge >= 0.3 is 0 Å². The Labute approximate surface area is 138 Å². The molecule has 23 heavy (non-hydrogen) atoms. The van der Waals surface area contributed by atoms with Crippen molar-refractivity contribution >= 4 is 11.6 Å². The van der Waals surface area contributed by atoms with Gasteiger partial charge in [0.1, 0.15) is 5.60 Å². The lowest BCUT2D eigenvalue weighted by Crippen LogP contribution is -2.56. The molecule has 2 aliphatic heterocycles. The summed E-state index contributed by atoms with van der Waals surface area (Å²) in [5.74, 6) is 0.165. The highest BCUT2D eigenvalue weighted by Gasteiger charge is 2.50. The van der Waals surface area contributed by atoms with Crippen molar-refractivity contribution in [2.75, 3.05) is 31.6 Å². The molecule has 1 aromatic carbocycles. The van der Waals surface area contributed by atoms with E-state index in [0.29, 0.717) is 0 Å². The Morgan fingerprint density at radius 3 is 2.52 bits per heavy atom. The van der Waals surface area contributed by atoms with Gasteiger partial charge in [-0.1, -0.05) is 31.0 Å². The van der Waals surface area contributed by atoms with Gasteiger partial charge in [-0.05, 0) is 50.4 Å². The van der Waals surface area contributed by atoms with E-state index < -0.39 is 5.60 Å². The molecule has 2 fully saturated rings. The first-order valence-electron chi connectivity index (χ1n) is 8.88. The second kappa shape index (κ2) is 5.60. The van der Waals surface area contributed by atoms with Crippen LogP contribution in [0.3, 0.4) is 0 Å². The number of rotatable bonds is 2. The second-order valence-electron chi connectivity index (χ2n) is 7.34. The quantitative estimate of drug-likeness (QED) is 0.912. The van der Waals surface area contributed by atoms with Gasteiger partial charge in [-0.25, -0.2) is 0 Å². The molecule has 4 nitrogen and oxygen atoms in total. The first kappa shape index (κ1) is 15.2. The number of carbonyl (C=O) groups is 1. The number of anilines is 1. The molecule has 0 bridgehead atoms. The average Bonchev–Trinajstić information content (AvgIpc) is 3.21. The van der Waals surface area contributed by atoms with Gasteiger partial charge in [-0.15, -0.1) is 0 Å². The van der Waals surface area contributed by atoms with Gasteiger partial charge in [0.25, 0.3) is 5.91 Å². The van der Waals surface area contributed by atoms with Gasteiger partial charge < -0.3 is 15.0 Å². The number of hydrogen-bond donors (Lipinski definition) is 1. The van der Waals surface area contributed by atoms with Crippen LogP contribution in [0.25, 0.3) is 0 Å². The van der Waals surface area contributed by atoms with Crippen LogP contribution >= 0.6 is 0 Å². The van der Waals surface area contributed by atoms with Crippen LogP contribution in [-0.4, -0.2) is 38.3 Å². The van der Waals surface area contributed by atoms with Crippen molar-refractivity contribution in [3.8, 4) is 0 Å². The number of piperidine rings is 1. The van der Waals surface area contributed by atoms with Gasteiger partial charge in [-0.3, -0.25) is 4.79 Å². The molecule has 1 aromatic rings. The normalized spacial score (nSPS) is 24.8. The number of ether oxygens (including phenoxy) is 1. The summed E-state index contributed by atoms with van der Waals surface area (Å²) in [6.07, 6.45) is 6.47. The van der Waals surface area contributed by atoms with Crippen LogP contribution in [0, 0.1) is 0 Å². The molecule has 124 valence electrons. The maximum atomic E-state index is 13.4. The van der Waals surface area contributed by atoms with Crippen LogP contribution in [0.15, 0.2) is 24.3 Å². The standard InChI is InChI=1S/C19H26N2O2/c1-23-19(10-12-20-13-11-19)17(22)21-14-18(8-4-5-9-18)15-6-2-3-7-16(15)21/h2-3,6-7,20H,4-5,8-14H2,1H3. The minimum absolute atomic E-state index is 0.165. The minimum Gasteiger partial charge on any atom is -0.368 e. The molecular weight excluding hydrogens is 288 g/mol. The topological polar surface area (TPSA) is 41.6 Å². The van der Waals surface area contributed by atoms with E-state index in [1.165, 1.54) is 31.2 Å². The SMILES string of the molecule is COC1(C(=O)N2CC3(CCCC3)c3ccccc32)CCNCC1. The summed E-state index contributed by atoms with van der Waals surface area (Å²) in [5.41, 5.74) is 2.04. The Hall–Kier alpha value is -1.39. The monoisotopic (exact) mass is 314 g/mol. The number of hydrogen-bond acceptors (Lipinski definition) is 3. The number of nitrogens with one attached hydrogen (secondary N) is 1. The summed E-state index contributed by atoms with van der Waals surface area (Å²) in [6, 6.07) is 8.51. The van der Waals surface area contributed by atoms with Gasteiger partial charge in [0.15, 0.2) is 0 Å². The Morgan fingerprint density at radius 2 is 1.83 bits per heavy atom. The predicted molar refractivity (Wildman–Crippen MR) is 90.8 cm³/mol. The van der Waals surface area contributed by atoms with E-state index in [2.05, 4.69) is 29.6 Å². The third-order valence-corrected chi connectivity index (χ3v) is 6.22. The molecule has 4 rings (SSSR count). The molecule has 0 unspecified atom stereocenters. The summed E-state index contributed by atoms with van der Waals surface area (Å²) < 4.78 is 5.79. The van der Waals surface area contributed by atoms with E-state index in [1.54, 1.807) is 7.11 Å². The summed E-state index contributed by atoms with van der Waals surface area (Å²) in [4.78, 5) is 15.5. The highest BCUT2D eigenvalue weighted by molar-refractivity contribution is 6.02. The van der Waals surface area contributed by atoms with Crippen LogP contribution in [0.4, 0.5) is 5.69 Å². The lowest BCUT2D eigenvalue weighted by molar-refractivity contribution is -0.143. The number of nitrogens with zero attached hydrogens (tertiary/aromatic N) is 1. The van der Waals surface area contributed by atoms with Crippen molar-refractivity contribution in [1.29, 1.82) is 0 Å². The molecule has 2 heterocycles. The summed E-state index contributed by atoms with van der Waals surface area (Å²) >= 11 is 0. The Morgan fingerprint density at radius 1 is 1.13 bits per heavy atom. The van der Waals surface area contributed by atoms with E-state index in [9.17, 15) is 4.79 Å². The highest BCUT2D eigenvalue weighted by atomic mass is 16.5. The fourth-order valence-corrected chi connectivity index (χ4v) is 4.87. The zero-order valence-electron chi connectivity index (χ0n) is 13.9. The van der Waals surface area contributed by atoms with Crippen molar-refractivity contribution < 1.29 is 9.53 Å². The van der Waals surface area contributed by atoms with Gasteiger partial charge in [0.2, 0.25) is 0 Å². The zero-order valence-corrected chi connectivity index (χ0v) is 13.9. The van der Waals surface area contributed by atoms with Crippen molar-refractivity contribution in [3.63, 3.8) is 0 Å². The molecule has 0 aromatic heterocycles. The van der Waals surface area contributed by atoms with Crippen molar-refractivity contribution in [2.45, 2.75) is 49.5 Å². The van der Waals surface area contributed by atoms with Crippen LogP contribution in [0.1, 0.15) is 44.1 Å². The van der Waals surface area contributed by atoms with Crippen molar-refractivity contribution in [3.05, 3.63) is 29.8 Å². The molecule has 0 atom stereocenters. The Bertz CT molecular complexity index is 601. The van der Waals surface area contributed by atoms with Crippen LogP contribution in [0.2, 0.25) is 0 Å². The summed E-state index contributed by atoms with van der Waals surface area (Å²) in [7, 11) is 1.69. The summed E-state index contributed by atoms with van der Waals surface area (Å²) in [6.45, 7) is 2.53. The third kappa shape index (κ3) is 2.23. The van der Waals surface area contributed by atoms with Gasteiger partial charge in [0, 0.05) is 24.8 Å². The highest BCUT2D eigenvalue weighted by Crippen LogP contribution is 2.51. The largest absolute Gasteiger partial charge is 0.368 e. The summed E-state index contributed by atoms with van der Waals surface area (Å²) in [5, 5.41) is 3.34. The van der Waals surface area contributed by atoms with E-state index in [0.717, 1.165) is 38.2 Å². The number of carbonyl (C=O) groups excluding carboxylic acids is 1. The molecular formula is C19H26N2O2. The first-order valence-corrected chi connectivity index (χ1v) is 8.88. The molecule has 1 saturated carbocycles. The third-order valence-electron chi connectivity index (χ3n) is 6.22. The maximum absolute atomic E-state index is 13.4. The van der Waals surface area contributed by atoms with Crippen LogP contribution in [-0.2, 0) is 14.9 Å². The number of amides is 1. The molecule has 3 aliphatic rings. The number of benzene rings is 1. The number of fused-ring (bicyclic) bond motifs is 2. The van der Waals surface area contributed by atoms with E-state index in [4.69, 9.17) is 4.74 Å². The molecule has 1 N–H and O–H groups in total. The molecule has 1 saturated heterocycles. The van der Waals surface area contributed by atoms with E-state index in [-0.39, 0.29) is 11.3 Å². The zero-order chi connectivity index (χ0) is 15.9.